The number of carbonyl (C=O) groups excluding carboxylic acids is 1. The standard InChI is InChI=1S/C21H30N2O/c1-6-14(7-2)20(24)23-11-10-19-17(13-23)16-12-15(21(3,4)5)8-9-18(16)22-19/h8-9,12,14,22H,6-7,10-11,13H2,1-5H3. The molecule has 0 unspecified atom stereocenters. The Balaban J connectivity index is 1.96. The Bertz CT molecular complexity index is 747. The van der Waals surface area contributed by atoms with E-state index in [2.05, 4.69) is 62.7 Å². The molecule has 0 spiro atoms. The minimum Gasteiger partial charge on any atom is -0.358 e. The third-order valence-corrected chi connectivity index (χ3v) is 5.49. The first-order chi connectivity index (χ1) is 11.3. The minimum absolute atomic E-state index is 0.137. The van der Waals surface area contributed by atoms with Gasteiger partial charge in [-0.05, 0) is 36.0 Å². The van der Waals surface area contributed by atoms with Crippen molar-refractivity contribution in [3.8, 4) is 0 Å². The van der Waals surface area contributed by atoms with E-state index in [1.807, 2.05) is 0 Å². The Morgan fingerprint density at radius 3 is 2.58 bits per heavy atom. The Morgan fingerprint density at radius 2 is 1.96 bits per heavy atom. The zero-order chi connectivity index (χ0) is 17.5. The fourth-order valence-electron chi connectivity index (χ4n) is 3.76. The lowest BCUT2D eigenvalue weighted by Crippen LogP contribution is -2.39. The van der Waals surface area contributed by atoms with Crippen LogP contribution in [-0.2, 0) is 23.2 Å². The van der Waals surface area contributed by atoms with Crippen molar-refractivity contribution in [1.29, 1.82) is 0 Å². The van der Waals surface area contributed by atoms with Gasteiger partial charge in [0.25, 0.3) is 0 Å². The maximum atomic E-state index is 12.8. The van der Waals surface area contributed by atoms with Gasteiger partial charge in [0.05, 0.1) is 0 Å². The first-order valence-electron chi connectivity index (χ1n) is 9.27. The molecule has 1 aliphatic rings. The van der Waals surface area contributed by atoms with Gasteiger partial charge in [-0.3, -0.25) is 4.79 Å². The Kier molecular flexibility index (Phi) is 4.46. The molecule has 130 valence electrons. The molecule has 1 aliphatic heterocycles. The van der Waals surface area contributed by atoms with Crippen LogP contribution in [0, 0.1) is 5.92 Å². The summed E-state index contributed by atoms with van der Waals surface area (Å²) < 4.78 is 0. The number of nitrogens with one attached hydrogen (secondary N) is 1. The van der Waals surface area contributed by atoms with Gasteiger partial charge in [0.1, 0.15) is 0 Å². The van der Waals surface area contributed by atoms with Crippen molar-refractivity contribution in [3.05, 3.63) is 35.0 Å². The number of fused-ring (bicyclic) bond motifs is 3. The van der Waals surface area contributed by atoms with Crippen LogP contribution in [0.5, 0.6) is 0 Å². The van der Waals surface area contributed by atoms with Crippen LogP contribution in [0.3, 0.4) is 0 Å². The number of aromatic amines is 1. The SMILES string of the molecule is CCC(CC)C(=O)N1CCc2[nH]c3ccc(C(C)(C)C)cc3c2C1. The molecule has 1 amide bonds. The molecule has 0 aliphatic carbocycles. The monoisotopic (exact) mass is 326 g/mol. The largest absolute Gasteiger partial charge is 0.358 e. The molecule has 0 fully saturated rings. The number of amides is 1. The molecule has 3 nitrogen and oxygen atoms in total. The molecule has 1 aromatic carbocycles. The van der Waals surface area contributed by atoms with E-state index >= 15 is 0 Å². The van der Waals surface area contributed by atoms with E-state index in [9.17, 15) is 4.79 Å². The van der Waals surface area contributed by atoms with Crippen molar-refractivity contribution < 1.29 is 4.79 Å². The highest BCUT2D eigenvalue weighted by Gasteiger charge is 2.27. The first kappa shape index (κ1) is 17.1. The highest BCUT2D eigenvalue weighted by Crippen LogP contribution is 2.32. The highest BCUT2D eigenvalue weighted by molar-refractivity contribution is 5.87. The number of H-pyrrole nitrogens is 1. The average molecular weight is 326 g/mol. The van der Waals surface area contributed by atoms with E-state index < -0.39 is 0 Å². The number of benzene rings is 1. The van der Waals surface area contributed by atoms with Crippen molar-refractivity contribution in [2.45, 2.75) is 65.8 Å². The third-order valence-electron chi connectivity index (χ3n) is 5.49. The quantitative estimate of drug-likeness (QED) is 0.865. The van der Waals surface area contributed by atoms with Gasteiger partial charge in [-0.1, -0.05) is 40.7 Å². The summed E-state index contributed by atoms with van der Waals surface area (Å²) in [7, 11) is 0. The first-order valence-corrected chi connectivity index (χ1v) is 9.27. The molecule has 0 saturated heterocycles. The molecular formula is C21H30N2O. The van der Waals surface area contributed by atoms with Crippen LogP contribution in [0.15, 0.2) is 18.2 Å². The van der Waals surface area contributed by atoms with Gasteiger partial charge in [-0.2, -0.15) is 0 Å². The lowest BCUT2D eigenvalue weighted by Gasteiger charge is -2.30. The van der Waals surface area contributed by atoms with Crippen LogP contribution in [0.4, 0.5) is 0 Å². The summed E-state index contributed by atoms with van der Waals surface area (Å²) in [6, 6.07) is 6.73. The van der Waals surface area contributed by atoms with Crippen LogP contribution in [0.25, 0.3) is 10.9 Å². The van der Waals surface area contributed by atoms with Crippen molar-refractivity contribution >= 4 is 16.8 Å². The summed E-state index contributed by atoms with van der Waals surface area (Å²) in [5.74, 6) is 0.494. The lowest BCUT2D eigenvalue weighted by molar-refractivity contribution is -0.136. The predicted octanol–water partition coefficient (Wildman–Crippen LogP) is 4.79. The second-order valence-electron chi connectivity index (χ2n) is 8.12. The molecular weight excluding hydrogens is 296 g/mol. The Hall–Kier alpha value is -1.77. The molecule has 1 aromatic heterocycles. The topological polar surface area (TPSA) is 36.1 Å². The van der Waals surface area contributed by atoms with E-state index in [0.717, 1.165) is 32.4 Å². The molecule has 3 rings (SSSR count). The molecule has 3 heteroatoms. The third kappa shape index (κ3) is 2.97. The molecule has 24 heavy (non-hydrogen) atoms. The normalized spacial score (nSPS) is 15.2. The van der Waals surface area contributed by atoms with E-state index in [0.29, 0.717) is 5.91 Å². The van der Waals surface area contributed by atoms with Crippen LogP contribution in [0.1, 0.15) is 64.3 Å². The van der Waals surface area contributed by atoms with Gasteiger partial charge >= 0.3 is 0 Å². The Morgan fingerprint density at radius 1 is 1.25 bits per heavy atom. The maximum Gasteiger partial charge on any atom is 0.225 e. The van der Waals surface area contributed by atoms with Crippen LogP contribution < -0.4 is 0 Å². The van der Waals surface area contributed by atoms with Gasteiger partial charge in [-0.15, -0.1) is 0 Å². The van der Waals surface area contributed by atoms with E-state index in [-0.39, 0.29) is 11.3 Å². The second-order valence-corrected chi connectivity index (χ2v) is 8.12. The number of hydrogen-bond donors (Lipinski definition) is 1. The van der Waals surface area contributed by atoms with Crippen molar-refractivity contribution in [1.82, 2.24) is 9.88 Å². The molecule has 2 heterocycles. The zero-order valence-electron chi connectivity index (χ0n) is 15.7. The van der Waals surface area contributed by atoms with Gasteiger partial charge in [-0.25, -0.2) is 0 Å². The molecule has 0 saturated carbocycles. The average Bonchev–Trinajstić information content (AvgIpc) is 2.92. The number of nitrogens with zero attached hydrogens (tertiary/aromatic N) is 1. The Labute approximate surface area is 145 Å². The molecule has 0 atom stereocenters. The van der Waals surface area contributed by atoms with Gasteiger partial charge in [0.2, 0.25) is 5.91 Å². The lowest BCUT2D eigenvalue weighted by atomic mass is 9.86. The number of carbonyl (C=O) groups is 1. The van der Waals surface area contributed by atoms with Crippen molar-refractivity contribution in [2.24, 2.45) is 5.92 Å². The second kappa shape index (κ2) is 6.27. The number of aromatic nitrogens is 1. The smallest absolute Gasteiger partial charge is 0.225 e. The molecule has 2 aromatic rings. The molecule has 0 bridgehead atoms. The van der Waals surface area contributed by atoms with Crippen LogP contribution in [0.2, 0.25) is 0 Å². The fourth-order valence-corrected chi connectivity index (χ4v) is 3.76. The minimum atomic E-state index is 0.137. The van der Waals surface area contributed by atoms with Gasteiger partial charge < -0.3 is 9.88 Å². The summed E-state index contributed by atoms with van der Waals surface area (Å²) in [6.45, 7) is 12.5. The van der Waals surface area contributed by atoms with Gasteiger partial charge in [0, 0.05) is 47.6 Å². The predicted molar refractivity (Wildman–Crippen MR) is 100 cm³/mol. The number of rotatable bonds is 3. The van der Waals surface area contributed by atoms with Crippen LogP contribution >= 0.6 is 0 Å². The summed E-state index contributed by atoms with van der Waals surface area (Å²) in [5, 5.41) is 1.29. The highest BCUT2D eigenvalue weighted by atomic mass is 16.2. The maximum absolute atomic E-state index is 12.8. The molecule has 1 N–H and O–H groups in total. The van der Waals surface area contributed by atoms with E-state index in [1.165, 1.54) is 27.7 Å². The van der Waals surface area contributed by atoms with E-state index in [1.54, 1.807) is 0 Å². The fraction of sp³-hybridized carbons (Fsp3) is 0.571. The van der Waals surface area contributed by atoms with E-state index in [4.69, 9.17) is 0 Å². The molecule has 0 radical (unpaired) electrons. The number of hydrogen-bond acceptors (Lipinski definition) is 1. The van der Waals surface area contributed by atoms with Crippen molar-refractivity contribution in [3.63, 3.8) is 0 Å². The zero-order valence-corrected chi connectivity index (χ0v) is 15.7. The summed E-state index contributed by atoms with van der Waals surface area (Å²) >= 11 is 0. The summed E-state index contributed by atoms with van der Waals surface area (Å²) in [6.07, 6.45) is 2.79. The summed E-state index contributed by atoms with van der Waals surface area (Å²) in [4.78, 5) is 18.4. The summed E-state index contributed by atoms with van der Waals surface area (Å²) in [5.41, 5.74) is 5.31. The van der Waals surface area contributed by atoms with Crippen LogP contribution in [-0.4, -0.2) is 22.3 Å². The van der Waals surface area contributed by atoms with Crippen molar-refractivity contribution in [2.75, 3.05) is 6.54 Å². The van der Waals surface area contributed by atoms with Gasteiger partial charge in [0.15, 0.2) is 0 Å².